The summed E-state index contributed by atoms with van der Waals surface area (Å²) >= 11 is 0. The SMILES string of the molecule is FC(F)(F)c1ccc2[n-]c3ccc(C(F)(F)F)cc3c2c1.[2H]C([2H])([2H])N1C=CN(c2[c-]c(N3C=CN(C([2H])([2H])[2H])[CH-]3)cc(-c3c(C)cc(C)cc3C)c2)[CH-]1.[Pt+4]. The monoisotopic (exact) mass is 860 g/mol. The molecule has 3 heterocycles. The number of alkyl halides is 6. The Morgan fingerprint density at radius 1 is 0.653 bits per heavy atom. The zero-order valence-corrected chi connectivity index (χ0v) is 28.3. The summed E-state index contributed by atoms with van der Waals surface area (Å²) in [5, 5.41) is 0.122. The molecule has 7 rings (SSSR count). The molecule has 0 fully saturated rings. The van der Waals surface area contributed by atoms with E-state index in [-0.39, 0.29) is 42.9 Å². The van der Waals surface area contributed by atoms with Gasteiger partial charge in [0.15, 0.2) is 0 Å². The van der Waals surface area contributed by atoms with E-state index in [2.05, 4.69) is 44.0 Å². The summed E-state index contributed by atoms with van der Waals surface area (Å²) in [6.45, 7) is 4.59. The van der Waals surface area contributed by atoms with Crippen LogP contribution in [0.4, 0.5) is 37.7 Å². The Hall–Kier alpha value is -4.37. The molecule has 0 atom stereocenters. The van der Waals surface area contributed by atoms with E-state index >= 15 is 0 Å². The van der Waals surface area contributed by atoms with Gasteiger partial charge in [-0.25, -0.2) is 0 Å². The average molecular weight is 861 g/mol. The average Bonchev–Trinajstić information content (AvgIpc) is 3.82. The molecule has 0 unspecified atom stereocenters. The van der Waals surface area contributed by atoms with Gasteiger partial charge in [0.05, 0.1) is 11.1 Å². The molecule has 2 aliphatic heterocycles. The fourth-order valence-electron chi connectivity index (χ4n) is 5.77. The van der Waals surface area contributed by atoms with E-state index in [1.165, 1.54) is 31.3 Å². The van der Waals surface area contributed by atoms with Crippen LogP contribution < -0.4 is 14.8 Å². The summed E-state index contributed by atoms with van der Waals surface area (Å²) < 4.78 is 122. The molecule has 49 heavy (non-hydrogen) atoms. The number of halogens is 6. The van der Waals surface area contributed by atoms with Crippen molar-refractivity contribution in [1.29, 1.82) is 0 Å². The molecule has 5 nitrogen and oxygen atoms in total. The van der Waals surface area contributed by atoms with Gasteiger partial charge in [-0.1, -0.05) is 42.0 Å². The summed E-state index contributed by atoms with van der Waals surface area (Å²) in [7, 11) is 0. The van der Waals surface area contributed by atoms with Gasteiger partial charge in [-0.05, 0) is 99.1 Å². The molecule has 0 N–H and O–H groups in total. The topological polar surface area (TPSA) is 27.1 Å². The van der Waals surface area contributed by atoms with Gasteiger partial charge in [0.1, 0.15) is 0 Å². The van der Waals surface area contributed by atoms with Gasteiger partial charge >= 0.3 is 33.4 Å². The van der Waals surface area contributed by atoms with Crippen LogP contribution in [-0.4, -0.2) is 23.8 Å². The molecule has 0 saturated carbocycles. The van der Waals surface area contributed by atoms with Gasteiger partial charge in [0, 0.05) is 8.22 Å². The van der Waals surface area contributed by atoms with Crippen LogP contribution in [0.2, 0.25) is 0 Å². The predicted octanol–water partition coefficient (Wildman–Crippen LogP) is 9.75. The molecule has 5 aromatic rings. The second-order valence-corrected chi connectivity index (χ2v) is 11.4. The third kappa shape index (κ3) is 7.62. The standard InChI is InChI=1S/C23H25N4.C14H6F6N.Pt/c1-17-10-18(2)23(19(3)11-17)20-12-21(26-8-6-24(4)15-26)14-22(13-20)27-9-7-25(5)16-27;15-13(16,17)7-1-3-11-9(5-7)10-6-8(14(18,19)20)2-4-12(10)21-11;/h6-13,15-16H,1-5H3;1-6H;/q-3;-1;+4/i4D3,5D3;;. The first-order valence-corrected chi connectivity index (χ1v) is 14.5. The fraction of sp³-hybridized carbons (Fsp3) is 0.189. The van der Waals surface area contributed by atoms with Gasteiger partial charge in [0.2, 0.25) is 0 Å². The van der Waals surface area contributed by atoms with Crippen LogP contribution in [-0.2, 0) is 33.4 Å². The van der Waals surface area contributed by atoms with Crippen LogP contribution in [0.5, 0.6) is 0 Å². The van der Waals surface area contributed by atoms with Crippen molar-refractivity contribution in [3.8, 4) is 11.1 Å². The molecule has 0 amide bonds. The Morgan fingerprint density at radius 2 is 1.10 bits per heavy atom. The van der Waals surface area contributed by atoms with Crippen molar-refractivity contribution in [3.05, 3.63) is 133 Å². The van der Waals surface area contributed by atoms with E-state index in [0.717, 1.165) is 68.5 Å². The third-order valence-corrected chi connectivity index (χ3v) is 7.81. The summed E-state index contributed by atoms with van der Waals surface area (Å²) in [5.74, 6) is 0. The molecule has 0 spiro atoms. The number of aromatic nitrogens is 1. The first kappa shape index (κ1) is 28.5. The van der Waals surface area contributed by atoms with E-state index in [9.17, 15) is 26.3 Å². The van der Waals surface area contributed by atoms with Crippen molar-refractivity contribution in [2.24, 2.45) is 0 Å². The van der Waals surface area contributed by atoms with Gasteiger partial charge in [0.25, 0.3) is 0 Å². The summed E-state index contributed by atoms with van der Waals surface area (Å²) in [6.07, 6.45) is -2.79. The van der Waals surface area contributed by atoms with Crippen molar-refractivity contribution in [1.82, 2.24) is 14.8 Å². The van der Waals surface area contributed by atoms with Crippen LogP contribution in [0, 0.1) is 40.2 Å². The molecule has 1 aromatic heterocycles. The Kier molecular flexibility index (Phi) is 7.84. The molecule has 12 heteroatoms. The number of benzene rings is 4. The second-order valence-electron chi connectivity index (χ2n) is 11.4. The number of hydrogen-bond acceptors (Lipinski definition) is 4. The van der Waals surface area contributed by atoms with E-state index in [4.69, 9.17) is 8.22 Å². The molecule has 0 saturated heterocycles. The zero-order valence-electron chi connectivity index (χ0n) is 32.1. The number of hydrogen-bond donors (Lipinski definition) is 0. The number of anilines is 2. The van der Waals surface area contributed by atoms with Crippen molar-refractivity contribution in [2.75, 3.05) is 23.8 Å². The molecule has 0 aliphatic carbocycles. The van der Waals surface area contributed by atoms with Crippen LogP contribution in [0.1, 0.15) is 36.0 Å². The van der Waals surface area contributed by atoms with Gasteiger partial charge in [-0.3, -0.25) is 0 Å². The minimum absolute atomic E-state index is 0. The van der Waals surface area contributed by atoms with Gasteiger partial charge in [-0.2, -0.15) is 39.7 Å². The van der Waals surface area contributed by atoms with E-state index in [0.29, 0.717) is 11.4 Å². The fourth-order valence-corrected chi connectivity index (χ4v) is 5.77. The van der Waals surface area contributed by atoms with E-state index in [1.807, 2.05) is 12.1 Å². The zero-order chi connectivity index (χ0) is 39.5. The van der Waals surface area contributed by atoms with Crippen molar-refractivity contribution >= 4 is 33.2 Å². The summed E-state index contributed by atoms with van der Waals surface area (Å²) in [4.78, 5) is 9.74. The Morgan fingerprint density at radius 3 is 1.49 bits per heavy atom. The normalized spacial score (nSPS) is 16.9. The first-order chi connectivity index (χ1) is 25.0. The van der Waals surface area contributed by atoms with E-state index < -0.39 is 37.4 Å². The van der Waals surface area contributed by atoms with Crippen molar-refractivity contribution in [2.45, 2.75) is 33.1 Å². The maximum absolute atomic E-state index is 12.7. The van der Waals surface area contributed by atoms with Crippen molar-refractivity contribution < 1.29 is 55.6 Å². The van der Waals surface area contributed by atoms with Gasteiger partial charge in [-0.15, -0.1) is 46.2 Å². The molecular formula is C37H31F6N5Pt. The summed E-state index contributed by atoms with van der Waals surface area (Å²) in [5.41, 5.74) is 5.32. The molecular weight excluding hydrogens is 824 g/mol. The smallest absolute Gasteiger partial charge is 0.657 e. The number of fused-ring (bicyclic) bond motifs is 3. The Balaban J connectivity index is 0.000000227. The number of rotatable bonds is 3. The van der Waals surface area contributed by atoms with Crippen LogP contribution >= 0.6 is 0 Å². The maximum atomic E-state index is 12.7. The van der Waals surface area contributed by atoms with Gasteiger partial charge < -0.3 is 24.6 Å². The molecule has 4 aromatic carbocycles. The third-order valence-electron chi connectivity index (χ3n) is 7.81. The Labute approximate surface area is 303 Å². The molecule has 0 radical (unpaired) electrons. The number of nitrogens with zero attached hydrogens (tertiary/aromatic N) is 5. The Bertz CT molecular complexity index is 2130. The second kappa shape index (κ2) is 13.5. The van der Waals surface area contributed by atoms with Crippen LogP contribution in [0.3, 0.4) is 0 Å². The first-order valence-electron chi connectivity index (χ1n) is 17.5. The van der Waals surface area contributed by atoms with E-state index in [1.54, 1.807) is 22.2 Å². The van der Waals surface area contributed by atoms with Crippen LogP contribution in [0.25, 0.3) is 32.9 Å². The largest absolute Gasteiger partial charge is 4.00 e. The minimum Gasteiger partial charge on any atom is -0.657 e. The minimum atomic E-state index is -4.56. The van der Waals surface area contributed by atoms with Crippen molar-refractivity contribution in [3.63, 3.8) is 0 Å². The molecule has 0 bridgehead atoms. The summed E-state index contributed by atoms with van der Waals surface area (Å²) in [6, 6.07) is 17.1. The van der Waals surface area contributed by atoms with Crippen LogP contribution in [0.15, 0.2) is 85.5 Å². The number of aryl methyl sites for hydroxylation is 3. The quantitative estimate of drug-likeness (QED) is 0.133. The predicted molar refractivity (Wildman–Crippen MR) is 177 cm³/mol. The molecule has 256 valence electrons. The maximum Gasteiger partial charge on any atom is 4.00 e. The molecule has 2 aliphatic rings.